The van der Waals surface area contributed by atoms with Crippen LogP contribution >= 0.6 is 0 Å². The molecule has 1 saturated heterocycles. The van der Waals surface area contributed by atoms with Gasteiger partial charge < -0.3 is 19.9 Å². The number of nitriles is 1. The van der Waals surface area contributed by atoms with Crippen molar-refractivity contribution < 1.29 is 9.53 Å². The molecule has 36 heavy (non-hydrogen) atoms. The third-order valence-electron chi connectivity index (χ3n) is 6.17. The van der Waals surface area contributed by atoms with E-state index < -0.39 is 0 Å². The lowest BCUT2D eigenvalue weighted by Gasteiger charge is -2.34. The number of carbonyl (C=O) groups excluding carboxylic acids is 1. The predicted molar refractivity (Wildman–Crippen MR) is 138 cm³/mol. The SMILES string of the molecule is C=CC(=O)Nc1ccc(Oc2cc(-c3ccc(N4CCN(C)CC4)cc3)cn3ncc(C#N)c23)cn1. The van der Waals surface area contributed by atoms with Crippen LogP contribution in [-0.2, 0) is 4.79 Å². The van der Waals surface area contributed by atoms with Gasteiger partial charge in [0.2, 0.25) is 5.91 Å². The fraction of sp³-hybridized carbons (Fsp3) is 0.185. The predicted octanol–water partition coefficient (Wildman–Crippen LogP) is 3.94. The number of carbonyl (C=O) groups is 1. The Kier molecular flexibility index (Phi) is 6.34. The molecule has 0 spiro atoms. The van der Waals surface area contributed by atoms with Gasteiger partial charge in [-0.3, -0.25) is 4.79 Å². The van der Waals surface area contributed by atoms with Crippen molar-refractivity contribution in [1.82, 2.24) is 19.5 Å². The summed E-state index contributed by atoms with van der Waals surface area (Å²) in [6, 6.07) is 15.9. The molecule has 0 saturated carbocycles. The normalized spacial score (nSPS) is 13.8. The van der Waals surface area contributed by atoms with Crippen LogP contribution in [0.2, 0.25) is 0 Å². The molecule has 0 aliphatic carbocycles. The number of pyridine rings is 2. The van der Waals surface area contributed by atoms with E-state index in [2.05, 4.69) is 69.2 Å². The number of hydrogen-bond donors (Lipinski definition) is 1. The molecule has 9 heteroatoms. The summed E-state index contributed by atoms with van der Waals surface area (Å²) in [5, 5.41) is 16.6. The van der Waals surface area contributed by atoms with Crippen LogP contribution in [0.25, 0.3) is 16.6 Å². The van der Waals surface area contributed by atoms with Gasteiger partial charge in [0.1, 0.15) is 28.7 Å². The summed E-state index contributed by atoms with van der Waals surface area (Å²) in [5.74, 6) is 0.978. The minimum Gasteiger partial charge on any atom is -0.453 e. The number of ether oxygens (including phenoxy) is 1. The third kappa shape index (κ3) is 4.76. The van der Waals surface area contributed by atoms with E-state index in [-0.39, 0.29) is 5.91 Å². The quantitative estimate of drug-likeness (QED) is 0.418. The highest BCUT2D eigenvalue weighted by atomic mass is 16.5. The molecule has 5 rings (SSSR count). The molecule has 3 aromatic heterocycles. The first kappa shape index (κ1) is 23.1. The van der Waals surface area contributed by atoms with Crippen LogP contribution in [0.3, 0.4) is 0 Å². The Balaban J connectivity index is 1.45. The third-order valence-corrected chi connectivity index (χ3v) is 6.17. The molecular weight excluding hydrogens is 454 g/mol. The monoisotopic (exact) mass is 479 g/mol. The molecule has 9 nitrogen and oxygen atoms in total. The number of piperazine rings is 1. The zero-order valence-electron chi connectivity index (χ0n) is 19.9. The molecule has 1 fully saturated rings. The Hall–Kier alpha value is -4.68. The Morgan fingerprint density at radius 1 is 1.11 bits per heavy atom. The van der Waals surface area contributed by atoms with Crippen molar-refractivity contribution >= 4 is 22.9 Å². The highest BCUT2D eigenvalue weighted by molar-refractivity contribution is 5.98. The van der Waals surface area contributed by atoms with Crippen molar-refractivity contribution in [3.8, 4) is 28.7 Å². The highest BCUT2D eigenvalue weighted by Gasteiger charge is 2.16. The van der Waals surface area contributed by atoms with Gasteiger partial charge in [-0.1, -0.05) is 18.7 Å². The number of nitrogens with one attached hydrogen (secondary N) is 1. The van der Waals surface area contributed by atoms with Gasteiger partial charge in [-0.2, -0.15) is 10.4 Å². The van der Waals surface area contributed by atoms with E-state index in [0.717, 1.165) is 37.3 Å². The highest BCUT2D eigenvalue weighted by Crippen LogP contribution is 2.34. The average molecular weight is 480 g/mol. The van der Waals surface area contributed by atoms with E-state index in [1.165, 1.54) is 24.2 Å². The summed E-state index contributed by atoms with van der Waals surface area (Å²) in [4.78, 5) is 20.4. The number of benzene rings is 1. The lowest BCUT2D eigenvalue weighted by molar-refractivity contribution is -0.111. The van der Waals surface area contributed by atoms with Crippen molar-refractivity contribution in [3.05, 3.63) is 79.3 Å². The number of nitrogens with zero attached hydrogens (tertiary/aromatic N) is 6. The maximum atomic E-state index is 11.5. The largest absolute Gasteiger partial charge is 0.453 e. The van der Waals surface area contributed by atoms with Gasteiger partial charge in [-0.15, -0.1) is 0 Å². The zero-order chi connectivity index (χ0) is 25.1. The Morgan fingerprint density at radius 2 is 1.89 bits per heavy atom. The van der Waals surface area contributed by atoms with Crippen molar-refractivity contribution in [3.63, 3.8) is 0 Å². The Morgan fingerprint density at radius 3 is 2.56 bits per heavy atom. The summed E-state index contributed by atoms with van der Waals surface area (Å²) in [7, 11) is 2.15. The fourth-order valence-electron chi connectivity index (χ4n) is 4.15. The standard InChI is InChI=1S/C27H25N7O2/c1-3-26(35)31-25-9-8-23(17-29-25)36-24-14-20(18-34-27(24)21(15-28)16-30-34)19-4-6-22(7-5-19)33-12-10-32(2)11-13-33/h3-9,14,16-18H,1,10-13H2,2H3,(H,29,31,35). The smallest absolute Gasteiger partial charge is 0.248 e. The van der Waals surface area contributed by atoms with Gasteiger partial charge in [0.15, 0.2) is 5.75 Å². The van der Waals surface area contributed by atoms with E-state index in [1.807, 2.05) is 12.3 Å². The second-order valence-corrected chi connectivity index (χ2v) is 8.57. The fourth-order valence-corrected chi connectivity index (χ4v) is 4.15. The van der Waals surface area contributed by atoms with Crippen molar-refractivity contribution in [2.45, 2.75) is 0 Å². The molecule has 1 aliphatic rings. The number of fused-ring (bicyclic) bond motifs is 1. The van der Waals surface area contributed by atoms with E-state index in [4.69, 9.17) is 4.74 Å². The van der Waals surface area contributed by atoms with E-state index in [1.54, 1.807) is 16.6 Å². The lowest BCUT2D eigenvalue weighted by atomic mass is 10.1. The van der Waals surface area contributed by atoms with Gasteiger partial charge >= 0.3 is 0 Å². The maximum absolute atomic E-state index is 11.5. The Bertz CT molecular complexity index is 1440. The second kappa shape index (κ2) is 9.90. The zero-order valence-corrected chi connectivity index (χ0v) is 19.9. The molecule has 4 heterocycles. The minimum absolute atomic E-state index is 0.345. The second-order valence-electron chi connectivity index (χ2n) is 8.57. The van der Waals surface area contributed by atoms with Crippen LogP contribution < -0.4 is 15.0 Å². The van der Waals surface area contributed by atoms with E-state index in [9.17, 15) is 10.1 Å². The van der Waals surface area contributed by atoms with Crippen LogP contribution in [0.15, 0.2) is 73.7 Å². The minimum atomic E-state index is -0.345. The molecule has 4 aromatic rings. The molecule has 1 aliphatic heterocycles. The summed E-state index contributed by atoms with van der Waals surface area (Å²) < 4.78 is 7.81. The van der Waals surface area contributed by atoms with Crippen molar-refractivity contribution in [2.75, 3.05) is 43.4 Å². The van der Waals surface area contributed by atoms with Crippen molar-refractivity contribution in [2.24, 2.45) is 0 Å². The molecular formula is C27H25N7O2. The summed E-state index contributed by atoms with van der Waals surface area (Å²) in [5.41, 5.74) is 4.08. The lowest BCUT2D eigenvalue weighted by Crippen LogP contribution is -2.44. The van der Waals surface area contributed by atoms with E-state index in [0.29, 0.717) is 28.4 Å². The average Bonchev–Trinajstić information content (AvgIpc) is 3.34. The molecule has 0 atom stereocenters. The summed E-state index contributed by atoms with van der Waals surface area (Å²) >= 11 is 0. The van der Waals surface area contributed by atoms with Gasteiger partial charge in [0.05, 0.1) is 12.4 Å². The number of aromatic nitrogens is 3. The van der Waals surface area contributed by atoms with Crippen LogP contribution in [0.5, 0.6) is 11.5 Å². The molecule has 1 aromatic carbocycles. The van der Waals surface area contributed by atoms with Crippen LogP contribution in [0.1, 0.15) is 5.56 Å². The number of anilines is 2. The first-order valence-corrected chi connectivity index (χ1v) is 11.6. The van der Waals surface area contributed by atoms with E-state index >= 15 is 0 Å². The molecule has 0 bridgehead atoms. The summed E-state index contributed by atoms with van der Waals surface area (Å²) in [6.07, 6.45) is 6.10. The summed E-state index contributed by atoms with van der Waals surface area (Å²) in [6.45, 7) is 7.55. The van der Waals surface area contributed by atoms with Gasteiger partial charge in [-0.05, 0) is 49.0 Å². The molecule has 0 radical (unpaired) electrons. The molecule has 1 N–H and O–H groups in total. The molecule has 0 unspecified atom stereocenters. The van der Waals surface area contributed by atoms with Crippen LogP contribution in [0.4, 0.5) is 11.5 Å². The van der Waals surface area contributed by atoms with Gasteiger partial charge in [-0.25, -0.2) is 9.50 Å². The van der Waals surface area contributed by atoms with Crippen LogP contribution in [0, 0.1) is 11.3 Å². The molecule has 1 amide bonds. The van der Waals surface area contributed by atoms with Crippen molar-refractivity contribution in [1.29, 1.82) is 5.26 Å². The number of likely N-dealkylation sites (N-methyl/N-ethyl adjacent to an activating group) is 1. The van der Waals surface area contributed by atoms with Crippen LogP contribution in [-0.4, -0.2) is 58.6 Å². The first-order valence-electron chi connectivity index (χ1n) is 11.6. The maximum Gasteiger partial charge on any atom is 0.248 e. The number of amides is 1. The Labute approximate surface area is 208 Å². The number of rotatable bonds is 6. The molecule has 180 valence electrons. The first-order chi connectivity index (χ1) is 17.5. The van der Waals surface area contributed by atoms with Gasteiger partial charge in [0, 0.05) is 43.6 Å². The topological polar surface area (TPSA) is 98.8 Å². The van der Waals surface area contributed by atoms with Gasteiger partial charge in [0.25, 0.3) is 0 Å². The number of hydrogen-bond acceptors (Lipinski definition) is 7.